The SMILES string of the molecule is CCCCCC(=O)Oc1cccc2c1CC(N(CCC)CCC)CC2. The zero-order valence-corrected chi connectivity index (χ0v) is 16.4. The monoisotopic (exact) mass is 345 g/mol. The van der Waals surface area contributed by atoms with Gasteiger partial charge in [-0.05, 0) is 68.8 Å². The van der Waals surface area contributed by atoms with Crippen molar-refractivity contribution >= 4 is 5.97 Å². The predicted molar refractivity (Wildman–Crippen MR) is 104 cm³/mol. The summed E-state index contributed by atoms with van der Waals surface area (Å²) in [6.07, 6.45) is 9.36. The van der Waals surface area contributed by atoms with E-state index in [2.05, 4.69) is 31.7 Å². The first-order chi connectivity index (χ1) is 12.2. The van der Waals surface area contributed by atoms with Crippen molar-refractivity contribution in [3.8, 4) is 5.75 Å². The highest BCUT2D eigenvalue weighted by Crippen LogP contribution is 2.32. The number of aryl methyl sites for hydroxylation is 1. The van der Waals surface area contributed by atoms with Crippen LogP contribution in [0.1, 0.15) is 76.8 Å². The van der Waals surface area contributed by atoms with Crippen LogP contribution in [0.15, 0.2) is 18.2 Å². The Hall–Kier alpha value is -1.35. The fraction of sp³-hybridized carbons (Fsp3) is 0.682. The summed E-state index contributed by atoms with van der Waals surface area (Å²) in [5, 5.41) is 0. The van der Waals surface area contributed by atoms with Crippen molar-refractivity contribution in [2.45, 2.75) is 84.6 Å². The molecule has 0 heterocycles. The van der Waals surface area contributed by atoms with Crippen LogP contribution in [0.5, 0.6) is 5.75 Å². The van der Waals surface area contributed by atoms with Gasteiger partial charge in [-0.2, -0.15) is 0 Å². The number of ether oxygens (including phenoxy) is 1. The van der Waals surface area contributed by atoms with Gasteiger partial charge in [-0.15, -0.1) is 0 Å². The number of esters is 1. The summed E-state index contributed by atoms with van der Waals surface area (Å²) in [6, 6.07) is 6.78. The average molecular weight is 346 g/mol. The second-order valence-corrected chi connectivity index (χ2v) is 7.26. The molecule has 0 saturated heterocycles. The predicted octanol–water partition coefficient (Wildman–Crippen LogP) is 5.15. The largest absolute Gasteiger partial charge is 0.426 e. The third-order valence-corrected chi connectivity index (χ3v) is 5.16. The Labute approximate surface area is 153 Å². The van der Waals surface area contributed by atoms with Crippen LogP contribution in [0, 0.1) is 0 Å². The molecular formula is C22H35NO2. The van der Waals surface area contributed by atoms with Gasteiger partial charge in [0.05, 0.1) is 0 Å². The summed E-state index contributed by atoms with van der Waals surface area (Å²) in [5.41, 5.74) is 2.63. The zero-order valence-electron chi connectivity index (χ0n) is 16.4. The van der Waals surface area contributed by atoms with E-state index in [0.29, 0.717) is 12.5 Å². The molecule has 0 saturated carbocycles. The van der Waals surface area contributed by atoms with E-state index in [-0.39, 0.29) is 5.97 Å². The summed E-state index contributed by atoms with van der Waals surface area (Å²) in [6.45, 7) is 8.98. The van der Waals surface area contributed by atoms with Crippen molar-refractivity contribution in [3.63, 3.8) is 0 Å². The molecule has 3 heteroatoms. The Balaban J connectivity index is 2.07. The molecule has 1 aromatic carbocycles. The van der Waals surface area contributed by atoms with Crippen LogP contribution in [0.2, 0.25) is 0 Å². The van der Waals surface area contributed by atoms with Gasteiger partial charge in [-0.3, -0.25) is 4.79 Å². The quantitative estimate of drug-likeness (QED) is 0.333. The molecule has 0 aliphatic heterocycles. The summed E-state index contributed by atoms with van der Waals surface area (Å²) in [7, 11) is 0. The van der Waals surface area contributed by atoms with E-state index in [1.54, 1.807) is 0 Å². The van der Waals surface area contributed by atoms with Crippen molar-refractivity contribution in [3.05, 3.63) is 29.3 Å². The van der Waals surface area contributed by atoms with Gasteiger partial charge in [0.1, 0.15) is 5.75 Å². The van der Waals surface area contributed by atoms with Crippen LogP contribution in [0.4, 0.5) is 0 Å². The Morgan fingerprint density at radius 3 is 2.56 bits per heavy atom. The van der Waals surface area contributed by atoms with E-state index in [1.807, 2.05) is 12.1 Å². The van der Waals surface area contributed by atoms with Crippen molar-refractivity contribution < 1.29 is 9.53 Å². The molecule has 1 atom stereocenters. The molecule has 1 unspecified atom stereocenters. The van der Waals surface area contributed by atoms with Gasteiger partial charge in [0.2, 0.25) is 0 Å². The van der Waals surface area contributed by atoms with Gasteiger partial charge in [0.15, 0.2) is 0 Å². The number of nitrogens with zero attached hydrogens (tertiary/aromatic N) is 1. The van der Waals surface area contributed by atoms with E-state index >= 15 is 0 Å². The van der Waals surface area contributed by atoms with Gasteiger partial charge in [-0.25, -0.2) is 0 Å². The minimum Gasteiger partial charge on any atom is -0.426 e. The van der Waals surface area contributed by atoms with Crippen molar-refractivity contribution in [1.82, 2.24) is 4.90 Å². The van der Waals surface area contributed by atoms with E-state index in [1.165, 1.54) is 30.4 Å². The van der Waals surface area contributed by atoms with Crippen molar-refractivity contribution in [1.29, 1.82) is 0 Å². The van der Waals surface area contributed by atoms with E-state index in [9.17, 15) is 4.79 Å². The number of benzene rings is 1. The van der Waals surface area contributed by atoms with Crippen LogP contribution in [-0.4, -0.2) is 30.0 Å². The van der Waals surface area contributed by atoms with Crippen LogP contribution < -0.4 is 4.74 Å². The molecule has 0 radical (unpaired) electrons. The maximum atomic E-state index is 12.2. The molecule has 0 bridgehead atoms. The highest BCUT2D eigenvalue weighted by molar-refractivity contribution is 5.73. The normalized spacial score (nSPS) is 16.7. The first kappa shape index (κ1) is 20.0. The number of fused-ring (bicyclic) bond motifs is 1. The molecule has 0 aromatic heterocycles. The van der Waals surface area contributed by atoms with Gasteiger partial charge in [0.25, 0.3) is 0 Å². The topological polar surface area (TPSA) is 29.5 Å². The second kappa shape index (κ2) is 10.6. The molecule has 1 aromatic rings. The molecule has 3 nitrogen and oxygen atoms in total. The highest BCUT2D eigenvalue weighted by Gasteiger charge is 2.26. The van der Waals surface area contributed by atoms with Gasteiger partial charge >= 0.3 is 5.97 Å². The summed E-state index contributed by atoms with van der Waals surface area (Å²) < 4.78 is 5.75. The van der Waals surface area contributed by atoms with Gasteiger partial charge in [-0.1, -0.05) is 45.7 Å². The lowest BCUT2D eigenvalue weighted by Crippen LogP contribution is -2.40. The van der Waals surface area contributed by atoms with Crippen LogP contribution in [0.25, 0.3) is 0 Å². The Bertz CT molecular complexity index is 535. The third-order valence-electron chi connectivity index (χ3n) is 5.16. The molecule has 2 rings (SSSR count). The molecule has 0 amide bonds. The first-order valence-corrected chi connectivity index (χ1v) is 10.2. The Morgan fingerprint density at radius 1 is 1.12 bits per heavy atom. The summed E-state index contributed by atoms with van der Waals surface area (Å²) >= 11 is 0. The zero-order chi connectivity index (χ0) is 18.1. The van der Waals surface area contributed by atoms with Gasteiger partial charge in [0, 0.05) is 12.5 Å². The van der Waals surface area contributed by atoms with Crippen LogP contribution >= 0.6 is 0 Å². The minimum atomic E-state index is -0.0806. The fourth-order valence-electron chi connectivity index (χ4n) is 3.89. The number of hydrogen-bond donors (Lipinski definition) is 0. The highest BCUT2D eigenvalue weighted by atomic mass is 16.5. The molecule has 0 N–H and O–H groups in total. The molecule has 140 valence electrons. The molecule has 1 aliphatic rings. The summed E-state index contributed by atoms with van der Waals surface area (Å²) in [5.74, 6) is 0.722. The maximum Gasteiger partial charge on any atom is 0.311 e. The van der Waals surface area contributed by atoms with Crippen molar-refractivity contribution in [2.24, 2.45) is 0 Å². The lowest BCUT2D eigenvalue weighted by Gasteiger charge is -2.35. The number of carbonyl (C=O) groups is 1. The van der Waals surface area contributed by atoms with Crippen LogP contribution in [-0.2, 0) is 17.6 Å². The lowest BCUT2D eigenvalue weighted by atomic mass is 9.86. The number of hydrogen-bond acceptors (Lipinski definition) is 3. The molecule has 0 fully saturated rings. The van der Waals surface area contributed by atoms with E-state index in [0.717, 1.165) is 50.9 Å². The number of carbonyl (C=O) groups excluding carboxylic acids is 1. The lowest BCUT2D eigenvalue weighted by molar-refractivity contribution is -0.134. The number of rotatable bonds is 10. The smallest absolute Gasteiger partial charge is 0.311 e. The van der Waals surface area contributed by atoms with Crippen molar-refractivity contribution in [2.75, 3.05) is 13.1 Å². The first-order valence-electron chi connectivity index (χ1n) is 10.2. The molecule has 1 aliphatic carbocycles. The third kappa shape index (κ3) is 5.85. The fourth-order valence-corrected chi connectivity index (χ4v) is 3.89. The minimum absolute atomic E-state index is 0.0806. The van der Waals surface area contributed by atoms with Crippen LogP contribution in [0.3, 0.4) is 0 Å². The second-order valence-electron chi connectivity index (χ2n) is 7.26. The molecule has 0 spiro atoms. The standard InChI is InChI=1S/C22H35NO2/c1-4-7-8-12-22(24)25-21-11-9-10-18-13-14-19(17-20(18)21)23(15-5-2)16-6-3/h9-11,19H,4-8,12-17H2,1-3H3. The molecule has 25 heavy (non-hydrogen) atoms. The van der Waals surface area contributed by atoms with E-state index < -0.39 is 0 Å². The van der Waals surface area contributed by atoms with E-state index in [4.69, 9.17) is 4.74 Å². The summed E-state index contributed by atoms with van der Waals surface area (Å²) in [4.78, 5) is 14.8. The van der Waals surface area contributed by atoms with Gasteiger partial charge < -0.3 is 9.64 Å². The Morgan fingerprint density at radius 2 is 1.88 bits per heavy atom. The molecular weight excluding hydrogens is 310 g/mol. The Kier molecular flexibility index (Phi) is 8.47. The average Bonchev–Trinajstić information content (AvgIpc) is 2.62. The maximum absolute atomic E-state index is 12.2. The number of unbranched alkanes of at least 4 members (excludes halogenated alkanes) is 2.